The maximum absolute atomic E-state index is 12.2. The van der Waals surface area contributed by atoms with E-state index in [0.717, 1.165) is 0 Å². The number of anilines is 1. The number of aryl methyl sites for hydroxylation is 1. The molecule has 0 saturated carbocycles. The Bertz CT molecular complexity index is 814. The molecule has 3 rings (SSSR count). The van der Waals surface area contributed by atoms with Gasteiger partial charge in [-0.3, -0.25) is 9.78 Å². The van der Waals surface area contributed by atoms with Crippen LogP contribution >= 0.6 is 0 Å². The standard InChI is InChI=1S/C17H19N5O4/c1-10-2-3-11(17(25)26)15(20-10)22-7-4-12(14(23)9-22)21-16(24)13-8-18-5-6-19-13/h2-3,5-6,8,12,14,23H,4,7,9H2,1H3,(H,21,24)(H,25,26)/t12-,14-/m1/s1. The van der Waals surface area contributed by atoms with Crippen molar-refractivity contribution < 1.29 is 19.8 Å². The zero-order valence-electron chi connectivity index (χ0n) is 14.2. The molecule has 1 amide bonds. The van der Waals surface area contributed by atoms with E-state index < -0.39 is 24.0 Å². The topological polar surface area (TPSA) is 129 Å². The summed E-state index contributed by atoms with van der Waals surface area (Å²) in [6.45, 7) is 2.40. The van der Waals surface area contributed by atoms with E-state index in [0.29, 0.717) is 24.5 Å². The van der Waals surface area contributed by atoms with Gasteiger partial charge in [-0.1, -0.05) is 0 Å². The van der Waals surface area contributed by atoms with Crippen LogP contribution in [0.5, 0.6) is 0 Å². The smallest absolute Gasteiger partial charge is 0.339 e. The fraction of sp³-hybridized carbons (Fsp3) is 0.353. The molecule has 1 aliphatic heterocycles. The first-order valence-corrected chi connectivity index (χ1v) is 8.16. The summed E-state index contributed by atoms with van der Waals surface area (Å²) in [5, 5.41) is 22.5. The summed E-state index contributed by atoms with van der Waals surface area (Å²) < 4.78 is 0. The number of carbonyl (C=O) groups excluding carboxylic acids is 1. The number of piperidine rings is 1. The Balaban J connectivity index is 1.70. The van der Waals surface area contributed by atoms with E-state index in [-0.39, 0.29) is 17.8 Å². The van der Waals surface area contributed by atoms with Gasteiger partial charge in [0.05, 0.1) is 18.3 Å². The van der Waals surface area contributed by atoms with Crippen LogP contribution in [0.15, 0.2) is 30.7 Å². The molecule has 3 heterocycles. The number of carbonyl (C=O) groups is 2. The Morgan fingerprint density at radius 2 is 2.12 bits per heavy atom. The Hall–Kier alpha value is -3.07. The van der Waals surface area contributed by atoms with Gasteiger partial charge in [0.1, 0.15) is 17.1 Å². The zero-order chi connectivity index (χ0) is 18.7. The van der Waals surface area contributed by atoms with Crippen LogP contribution in [-0.2, 0) is 0 Å². The molecule has 0 aliphatic carbocycles. The lowest BCUT2D eigenvalue weighted by atomic mass is 10.0. The van der Waals surface area contributed by atoms with Crippen molar-refractivity contribution in [2.45, 2.75) is 25.5 Å². The molecule has 1 aliphatic rings. The second-order valence-electron chi connectivity index (χ2n) is 6.10. The van der Waals surface area contributed by atoms with Crippen molar-refractivity contribution in [3.05, 3.63) is 47.7 Å². The number of aromatic nitrogens is 3. The molecule has 26 heavy (non-hydrogen) atoms. The third kappa shape index (κ3) is 3.77. The third-order valence-corrected chi connectivity index (χ3v) is 4.24. The van der Waals surface area contributed by atoms with Gasteiger partial charge in [-0.15, -0.1) is 0 Å². The predicted molar refractivity (Wildman–Crippen MR) is 92.1 cm³/mol. The highest BCUT2D eigenvalue weighted by molar-refractivity contribution is 5.93. The lowest BCUT2D eigenvalue weighted by molar-refractivity contribution is 0.0695. The van der Waals surface area contributed by atoms with Crippen molar-refractivity contribution in [3.63, 3.8) is 0 Å². The summed E-state index contributed by atoms with van der Waals surface area (Å²) in [5.41, 5.74) is 0.957. The number of aromatic carboxylic acids is 1. The van der Waals surface area contributed by atoms with Gasteiger partial charge in [-0.25, -0.2) is 14.8 Å². The average molecular weight is 357 g/mol. The molecule has 2 aromatic rings. The van der Waals surface area contributed by atoms with Crippen LogP contribution in [0.25, 0.3) is 0 Å². The van der Waals surface area contributed by atoms with Crippen LogP contribution in [0.2, 0.25) is 0 Å². The minimum absolute atomic E-state index is 0.0878. The highest BCUT2D eigenvalue weighted by Gasteiger charge is 2.31. The van der Waals surface area contributed by atoms with Crippen LogP contribution < -0.4 is 10.2 Å². The van der Waals surface area contributed by atoms with Crippen LogP contribution in [0, 0.1) is 6.92 Å². The Morgan fingerprint density at radius 3 is 2.77 bits per heavy atom. The fourth-order valence-electron chi connectivity index (χ4n) is 2.90. The summed E-state index contributed by atoms with van der Waals surface area (Å²) >= 11 is 0. The first kappa shape index (κ1) is 17.7. The van der Waals surface area contributed by atoms with Crippen molar-refractivity contribution in [3.8, 4) is 0 Å². The van der Waals surface area contributed by atoms with E-state index in [1.165, 1.54) is 24.7 Å². The summed E-state index contributed by atoms with van der Waals surface area (Å²) in [5.74, 6) is -1.15. The third-order valence-electron chi connectivity index (χ3n) is 4.24. The Kier molecular flexibility index (Phi) is 5.08. The lowest BCUT2D eigenvalue weighted by Gasteiger charge is -2.37. The predicted octanol–water partition coefficient (Wildman–Crippen LogP) is 0.248. The highest BCUT2D eigenvalue weighted by Crippen LogP contribution is 2.23. The maximum atomic E-state index is 12.2. The molecule has 9 nitrogen and oxygen atoms in total. The monoisotopic (exact) mass is 357 g/mol. The van der Waals surface area contributed by atoms with Gasteiger partial charge in [-0.2, -0.15) is 0 Å². The first-order chi connectivity index (χ1) is 12.5. The van der Waals surface area contributed by atoms with E-state index in [9.17, 15) is 19.8 Å². The molecule has 0 radical (unpaired) electrons. The Labute approximate surface area is 149 Å². The molecule has 9 heteroatoms. The van der Waals surface area contributed by atoms with E-state index >= 15 is 0 Å². The maximum Gasteiger partial charge on any atom is 0.339 e. The molecule has 1 saturated heterocycles. The quantitative estimate of drug-likeness (QED) is 0.710. The van der Waals surface area contributed by atoms with Crippen molar-refractivity contribution in [1.82, 2.24) is 20.3 Å². The number of pyridine rings is 1. The molecule has 0 aromatic carbocycles. The second-order valence-corrected chi connectivity index (χ2v) is 6.10. The minimum Gasteiger partial charge on any atom is -0.478 e. The normalized spacial score (nSPS) is 19.8. The molecule has 3 N–H and O–H groups in total. The molecule has 2 atom stereocenters. The summed E-state index contributed by atoms with van der Waals surface area (Å²) in [6.07, 6.45) is 3.83. The number of rotatable bonds is 4. The molecule has 0 unspecified atom stereocenters. The number of hydrogen-bond acceptors (Lipinski definition) is 7. The van der Waals surface area contributed by atoms with Gasteiger partial charge in [0.2, 0.25) is 0 Å². The van der Waals surface area contributed by atoms with E-state index in [4.69, 9.17) is 0 Å². The lowest BCUT2D eigenvalue weighted by Crippen LogP contribution is -2.54. The molecule has 0 spiro atoms. The number of aliphatic hydroxyl groups is 1. The van der Waals surface area contributed by atoms with Gasteiger partial charge in [0.25, 0.3) is 5.91 Å². The van der Waals surface area contributed by atoms with Crippen molar-refractivity contribution in [2.75, 3.05) is 18.0 Å². The number of carboxylic acids is 1. The van der Waals surface area contributed by atoms with Crippen LogP contribution in [0.3, 0.4) is 0 Å². The van der Waals surface area contributed by atoms with Crippen LogP contribution in [-0.4, -0.2) is 62.3 Å². The van der Waals surface area contributed by atoms with Gasteiger partial charge in [0, 0.05) is 31.2 Å². The first-order valence-electron chi connectivity index (χ1n) is 8.16. The van der Waals surface area contributed by atoms with Gasteiger partial charge >= 0.3 is 5.97 Å². The summed E-state index contributed by atoms with van der Waals surface area (Å²) in [4.78, 5) is 37.4. The van der Waals surface area contributed by atoms with E-state index in [1.807, 2.05) is 0 Å². The van der Waals surface area contributed by atoms with Crippen molar-refractivity contribution in [1.29, 1.82) is 0 Å². The molecule has 2 aromatic heterocycles. The number of nitrogens with zero attached hydrogens (tertiary/aromatic N) is 4. The van der Waals surface area contributed by atoms with Gasteiger partial charge in [0.15, 0.2) is 0 Å². The summed E-state index contributed by atoms with van der Waals surface area (Å²) in [6, 6.07) is 2.69. The van der Waals surface area contributed by atoms with Crippen molar-refractivity contribution in [2.24, 2.45) is 0 Å². The number of carboxylic acid groups (broad SMARTS) is 1. The zero-order valence-corrected chi connectivity index (χ0v) is 14.2. The molecule has 136 valence electrons. The van der Waals surface area contributed by atoms with E-state index in [2.05, 4.69) is 20.3 Å². The number of nitrogens with one attached hydrogen (secondary N) is 1. The number of hydrogen-bond donors (Lipinski definition) is 3. The van der Waals surface area contributed by atoms with E-state index in [1.54, 1.807) is 17.9 Å². The molecular formula is C17H19N5O4. The highest BCUT2D eigenvalue weighted by atomic mass is 16.4. The number of aliphatic hydroxyl groups excluding tert-OH is 1. The van der Waals surface area contributed by atoms with Gasteiger partial charge in [-0.05, 0) is 25.5 Å². The largest absolute Gasteiger partial charge is 0.478 e. The second kappa shape index (κ2) is 7.44. The molecule has 0 bridgehead atoms. The van der Waals surface area contributed by atoms with Crippen LogP contribution in [0.4, 0.5) is 5.82 Å². The van der Waals surface area contributed by atoms with Gasteiger partial charge < -0.3 is 20.4 Å². The SMILES string of the molecule is Cc1ccc(C(=O)O)c(N2CC[C@@H](NC(=O)c3cnccn3)[C@H](O)C2)n1. The summed E-state index contributed by atoms with van der Waals surface area (Å²) in [7, 11) is 0. The number of amides is 1. The minimum atomic E-state index is -1.07. The Morgan fingerprint density at radius 1 is 1.31 bits per heavy atom. The van der Waals surface area contributed by atoms with Crippen LogP contribution in [0.1, 0.15) is 33.0 Å². The number of β-amino-alcohol motifs (C(OH)–C–C–N with tert-alkyl or cyclic N) is 1. The fourth-order valence-corrected chi connectivity index (χ4v) is 2.90. The molecular weight excluding hydrogens is 338 g/mol. The molecule has 1 fully saturated rings. The van der Waals surface area contributed by atoms with Crippen molar-refractivity contribution >= 4 is 17.7 Å². The average Bonchev–Trinajstić information content (AvgIpc) is 2.63.